The van der Waals surface area contributed by atoms with Crippen LogP contribution < -0.4 is 0 Å². The zero-order chi connectivity index (χ0) is 15.2. The zero-order valence-corrected chi connectivity index (χ0v) is 11.4. The molecule has 0 bridgehead atoms. The lowest BCUT2D eigenvalue weighted by atomic mass is 9.76. The molecule has 1 saturated carbocycles. The molecule has 5 nitrogen and oxygen atoms in total. The van der Waals surface area contributed by atoms with E-state index in [4.69, 9.17) is 5.11 Å². The van der Waals surface area contributed by atoms with Crippen LogP contribution in [0, 0.1) is 11.8 Å². The Morgan fingerprint density at radius 1 is 1.45 bits per heavy atom. The topological polar surface area (TPSA) is 98.0 Å². The van der Waals surface area contributed by atoms with Crippen LogP contribution in [-0.4, -0.2) is 44.2 Å². The summed E-state index contributed by atoms with van der Waals surface area (Å²) < 4.78 is 0. The van der Waals surface area contributed by atoms with Crippen LogP contribution >= 0.6 is 0 Å². The monoisotopic (exact) mass is 280 g/mol. The summed E-state index contributed by atoms with van der Waals surface area (Å²) in [6.07, 6.45) is -0.155. The summed E-state index contributed by atoms with van der Waals surface area (Å²) in [6, 6.07) is 0. The van der Waals surface area contributed by atoms with Gasteiger partial charge in [0, 0.05) is 17.4 Å². The van der Waals surface area contributed by atoms with Crippen LogP contribution in [-0.2, 0) is 4.79 Å². The SMILES string of the molecule is C=C(C(=O)O)[C@H]1[C@H](O)[C@H]2C(C)=CC[C@@]2(O)C(=C)C[C@@H]1O. The molecule has 0 heterocycles. The van der Waals surface area contributed by atoms with Crippen molar-refractivity contribution in [1.82, 2.24) is 0 Å². The summed E-state index contributed by atoms with van der Waals surface area (Å²) in [7, 11) is 0. The standard InChI is InChI=1S/C15H20O5/c1-7-4-5-15(20)8(2)6-10(16)11(9(3)14(18)19)13(17)12(7)15/h4,10-13,16-17,20H,2-3,5-6H2,1H3,(H,18,19)/t10-,11+,12+,13-,15+/m0/s1. The molecule has 2 aliphatic rings. The number of carboxylic acids is 1. The lowest BCUT2D eigenvalue weighted by Gasteiger charge is -2.35. The van der Waals surface area contributed by atoms with Gasteiger partial charge in [-0.05, 0) is 25.3 Å². The van der Waals surface area contributed by atoms with Gasteiger partial charge < -0.3 is 20.4 Å². The Bertz CT molecular complexity index is 506. The van der Waals surface area contributed by atoms with Crippen LogP contribution in [0.5, 0.6) is 0 Å². The van der Waals surface area contributed by atoms with Crippen LogP contribution in [0.25, 0.3) is 0 Å². The van der Waals surface area contributed by atoms with E-state index in [2.05, 4.69) is 13.2 Å². The molecule has 110 valence electrons. The number of carboxylic acid groups (broad SMARTS) is 1. The van der Waals surface area contributed by atoms with Crippen molar-refractivity contribution >= 4 is 5.97 Å². The maximum absolute atomic E-state index is 11.1. The number of aliphatic hydroxyl groups excluding tert-OH is 2. The Morgan fingerprint density at radius 2 is 2.05 bits per heavy atom. The van der Waals surface area contributed by atoms with E-state index in [1.54, 1.807) is 6.92 Å². The molecule has 0 radical (unpaired) electrons. The van der Waals surface area contributed by atoms with Crippen molar-refractivity contribution in [3.63, 3.8) is 0 Å². The molecule has 0 amide bonds. The fraction of sp³-hybridized carbons (Fsp3) is 0.533. The smallest absolute Gasteiger partial charge is 0.331 e. The second-order valence-electron chi connectivity index (χ2n) is 5.78. The molecule has 0 aromatic heterocycles. The van der Waals surface area contributed by atoms with E-state index in [1.165, 1.54) is 0 Å². The van der Waals surface area contributed by atoms with Crippen molar-refractivity contribution < 1.29 is 25.2 Å². The largest absolute Gasteiger partial charge is 0.478 e. The van der Waals surface area contributed by atoms with Gasteiger partial charge in [-0.1, -0.05) is 24.8 Å². The molecule has 2 aliphatic carbocycles. The first-order valence-corrected chi connectivity index (χ1v) is 6.55. The number of aliphatic hydroxyl groups is 3. The highest BCUT2D eigenvalue weighted by Crippen LogP contribution is 2.49. The van der Waals surface area contributed by atoms with Crippen LogP contribution in [0.2, 0.25) is 0 Å². The van der Waals surface area contributed by atoms with Crippen LogP contribution in [0.1, 0.15) is 19.8 Å². The number of carbonyl (C=O) groups is 1. The van der Waals surface area contributed by atoms with Crippen LogP contribution in [0.15, 0.2) is 36.0 Å². The highest BCUT2D eigenvalue weighted by Gasteiger charge is 2.53. The van der Waals surface area contributed by atoms with Crippen molar-refractivity contribution in [2.24, 2.45) is 11.8 Å². The van der Waals surface area contributed by atoms with Crippen molar-refractivity contribution in [2.45, 2.75) is 37.6 Å². The van der Waals surface area contributed by atoms with Gasteiger partial charge in [0.15, 0.2) is 0 Å². The van der Waals surface area contributed by atoms with Gasteiger partial charge in [0.25, 0.3) is 0 Å². The molecule has 1 fully saturated rings. The summed E-state index contributed by atoms with van der Waals surface area (Å²) in [5, 5.41) is 40.6. The molecule has 2 rings (SSSR count). The molecule has 0 aromatic carbocycles. The van der Waals surface area contributed by atoms with Crippen LogP contribution in [0.4, 0.5) is 0 Å². The fourth-order valence-corrected chi connectivity index (χ4v) is 3.44. The van der Waals surface area contributed by atoms with Gasteiger partial charge in [0.1, 0.15) is 0 Å². The molecule has 0 saturated heterocycles. The fourth-order valence-electron chi connectivity index (χ4n) is 3.44. The first-order chi connectivity index (χ1) is 9.20. The predicted molar refractivity (Wildman–Crippen MR) is 72.9 cm³/mol. The average molecular weight is 280 g/mol. The maximum Gasteiger partial charge on any atom is 0.331 e. The lowest BCUT2D eigenvalue weighted by molar-refractivity contribution is -0.135. The number of hydrogen-bond donors (Lipinski definition) is 4. The Balaban J connectivity index is 2.47. The maximum atomic E-state index is 11.1. The van der Waals surface area contributed by atoms with E-state index in [1.807, 2.05) is 6.08 Å². The normalized spacial score (nSPS) is 40.8. The molecule has 5 heteroatoms. The molecule has 0 spiro atoms. The highest BCUT2D eigenvalue weighted by atomic mass is 16.4. The van der Waals surface area contributed by atoms with Crippen molar-refractivity contribution in [3.05, 3.63) is 36.0 Å². The van der Waals surface area contributed by atoms with Gasteiger partial charge in [-0.25, -0.2) is 4.79 Å². The third-order valence-electron chi connectivity index (χ3n) is 4.61. The number of rotatable bonds is 2. The Hall–Kier alpha value is -1.43. The third kappa shape index (κ3) is 2.02. The van der Waals surface area contributed by atoms with Crippen molar-refractivity contribution in [3.8, 4) is 0 Å². The zero-order valence-electron chi connectivity index (χ0n) is 11.4. The van der Waals surface area contributed by atoms with Crippen molar-refractivity contribution in [1.29, 1.82) is 0 Å². The molecule has 0 unspecified atom stereocenters. The summed E-state index contributed by atoms with van der Waals surface area (Å²) in [5.41, 5.74) is -0.374. The van der Waals surface area contributed by atoms with Gasteiger partial charge in [-0.2, -0.15) is 0 Å². The highest BCUT2D eigenvalue weighted by molar-refractivity contribution is 5.86. The van der Waals surface area contributed by atoms with Gasteiger partial charge in [0.2, 0.25) is 0 Å². The minimum Gasteiger partial charge on any atom is -0.478 e. The van der Waals surface area contributed by atoms with Crippen LogP contribution in [0.3, 0.4) is 0 Å². The second kappa shape index (κ2) is 4.84. The van der Waals surface area contributed by atoms with Crippen molar-refractivity contribution in [2.75, 3.05) is 0 Å². The summed E-state index contributed by atoms with van der Waals surface area (Å²) in [6.45, 7) is 9.05. The van der Waals surface area contributed by atoms with E-state index >= 15 is 0 Å². The molecule has 5 atom stereocenters. The predicted octanol–water partition coefficient (Wildman–Crippen LogP) is 0.622. The summed E-state index contributed by atoms with van der Waals surface area (Å²) >= 11 is 0. The molecule has 20 heavy (non-hydrogen) atoms. The summed E-state index contributed by atoms with van der Waals surface area (Å²) in [4.78, 5) is 11.1. The molecule has 0 aromatic rings. The Morgan fingerprint density at radius 3 is 2.60 bits per heavy atom. The minimum absolute atomic E-state index is 0.0438. The minimum atomic E-state index is -1.32. The Kier molecular flexibility index (Phi) is 3.62. The van der Waals surface area contributed by atoms with E-state index in [0.717, 1.165) is 5.57 Å². The molecule has 4 N–H and O–H groups in total. The first kappa shape index (κ1) is 15.0. The molecule has 0 aliphatic heterocycles. The molecular weight excluding hydrogens is 260 g/mol. The number of hydrogen-bond acceptors (Lipinski definition) is 4. The Labute approximate surface area is 117 Å². The second-order valence-corrected chi connectivity index (χ2v) is 5.78. The lowest BCUT2D eigenvalue weighted by Crippen LogP contribution is -2.45. The molecular formula is C15H20O5. The number of fused-ring (bicyclic) bond motifs is 1. The summed E-state index contributed by atoms with van der Waals surface area (Å²) in [5.74, 6) is -2.94. The van der Waals surface area contributed by atoms with E-state index < -0.39 is 35.6 Å². The van der Waals surface area contributed by atoms with E-state index in [9.17, 15) is 20.1 Å². The van der Waals surface area contributed by atoms with Gasteiger partial charge in [-0.3, -0.25) is 0 Å². The van der Waals surface area contributed by atoms with Gasteiger partial charge >= 0.3 is 5.97 Å². The van der Waals surface area contributed by atoms with Gasteiger partial charge in [-0.15, -0.1) is 0 Å². The first-order valence-electron chi connectivity index (χ1n) is 6.55. The van der Waals surface area contributed by atoms with E-state index in [0.29, 0.717) is 12.0 Å². The van der Waals surface area contributed by atoms with Gasteiger partial charge in [0.05, 0.1) is 17.8 Å². The third-order valence-corrected chi connectivity index (χ3v) is 4.61. The average Bonchev–Trinajstić information content (AvgIpc) is 2.62. The number of aliphatic carboxylic acids is 1. The van der Waals surface area contributed by atoms with E-state index in [-0.39, 0.29) is 12.0 Å². The quantitative estimate of drug-likeness (QED) is 0.439.